The fourth-order valence-electron chi connectivity index (χ4n) is 2.26. The molecule has 0 spiro atoms. The van der Waals surface area contributed by atoms with E-state index in [1.807, 2.05) is 19.1 Å². The van der Waals surface area contributed by atoms with Crippen molar-refractivity contribution in [3.63, 3.8) is 0 Å². The lowest BCUT2D eigenvalue weighted by Gasteiger charge is -2.18. The molecule has 3 heteroatoms. The summed E-state index contributed by atoms with van der Waals surface area (Å²) in [5.74, 6) is 0. The molecule has 1 atom stereocenters. The third-order valence-corrected chi connectivity index (χ3v) is 3.38. The molecule has 0 bridgehead atoms. The van der Waals surface area contributed by atoms with Gasteiger partial charge in [-0.1, -0.05) is 40.9 Å². The molecule has 0 saturated carbocycles. The summed E-state index contributed by atoms with van der Waals surface area (Å²) in [6.07, 6.45) is 0. The summed E-state index contributed by atoms with van der Waals surface area (Å²) in [7, 11) is 0. The normalized spacial score (nSPS) is 12.3. The highest BCUT2D eigenvalue weighted by atomic mass is 35.5. The van der Waals surface area contributed by atoms with E-state index < -0.39 is 0 Å². The molecule has 1 N–H and O–H groups in total. The number of benzene rings is 1. The molecule has 0 fully saturated rings. The van der Waals surface area contributed by atoms with Crippen LogP contribution >= 0.6 is 11.6 Å². The van der Waals surface area contributed by atoms with Gasteiger partial charge >= 0.3 is 0 Å². The van der Waals surface area contributed by atoms with E-state index in [0.29, 0.717) is 5.15 Å². The summed E-state index contributed by atoms with van der Waals surface area (Å²) < 4.78 is 0. The second-order valence-corrected chi connectivity index (χ2v) is 5.44. The standard InChI is InChI=1S/C16H19ClN2/c1-10-7-11(2)9-14(8-10)12(3)18-15-5-6-16(17)19-13(15)4/h5-9,12,18H,1-4H3. The van der Waals surface area contributed by atoms with Crippen LogP contribution in [0.3, 0.4) is 0 Å². The van der Waals surface area contributed by atoms with Crippen molar-refractivity contribution in [3.8, 4) is 0 Å². The number of halogens is 1. The maximum Gasteiger partial charge on any atom is 0.129 e. The third-order valence-electron chi connectivity index (χ3n) is 3.17. The zero-order valence-corrected chi connectivity index (χ0v) is 12.5. The second-order valence-electron chi connectivity index (χ2n) is 5.05. The van der Waals surface area contributed by atoms with E-state index in [0.717, 1.165) is 11.4 Å². The quantitative estimate of drug-likeness (QED) is 0.811. The summed E-state index contributed by atoms with van der Waals surface area (Å²) in [5.41, 5.74) is 5.80. The molecule has 1 heterocycles. The molecule has 0 aliphatic rings. The van der Waals surface area contributed by atoms with Crippen LogP contribution in [0.1, 0.15) is 35.3 Å². The van der Waals surface area contributed by atoms with Gasteiger partial charge in [0.25, 0.3) is 0 Å². The van der Waals surface area contributed by atoms with E-state index in [1.165, 1.54) is 16.7 Å². The first-order valence-corrected chi connectivity index (χ1v) is 6.81. The SMILES string of the molecule is Cc1cc(C)cc(C(C)Nc2ccc(Cl)nc2C)c1. The summed E-state index contributed by atoms with van der Waals surface area (Å²) in [6.45, 7) is 8.36. The summed E-state index contributed by atoms with van der Waals surface area (Å²) in [4.78, 5) is 4.26. The van der Waals surface area contributed by atoms with Gasteiger partial charge in [-0.05, 0) is 45.4 Å². The van der Waals surface area contributed by atoms with Crippen LogP contribution in [-0.2, 0) is 0 Å². The van der Waals surface area contributed by atoms with E-state index in [9.17, 15) is 0 Å². The lowest BCUT2D eigenvalue weighted by Crippen LogP contribution is -2.08. The highest BCUT2D eigenvalue weighted by Crippen LogP contribution is 2.23. The van der Waals surface area contributed by atoms with Gasteiger partial charge in [-0.15, -0.1) is 0 Å². The Balaban J connectivity index is 2.22. The van der Waals surface area contributed by atoms with Gasteiger partial charge in [-0.2, -0.15) is 0 Å². The van der Waals surface area contributed by atoms with Crippen molar-refractivity contribution in [1.82, 2.24) is 4.98 Å². The Hall–Kier alpha value is -1.54. The average Bonchev–Trinajstić information content (AvgIpc) is 2.31. The number of rotatable bonds is 3. The third kappa shape index (κ3) is 3.48. The molecule has 0 amide bonds. The fraction of sp³-hybridized carbons (Fsp3) is 0.312. The zero-order chi connectivity index (χ0) is 14.0. The minimum Gasteiger partial charge on any atom is -0.377 e. The first-order valence-electron chi connectivity index (χ1n) is 6.43. The van der Waals surface area contributed by atoms with Crippen molar-refractivity contribution in [2.45, 2.75) is 33.7 Å². The maximum absolute atomic E-state index is 5.87. The number of pyridine rings is 1. The molecule has 0 radical (unpaired) electrons. The molecule has 2 aromatic rings. The van der Waals surface area contributed by atoms with Crippen LogP contribution < -0.4 is 5.32 Å². The van der Waals surface area contributed by atoms with E-state index in [4.69, 9.17) is 11.6 Å². The smallest absolute Gasteiger partial charge is 0.129 e. The minimum absolute atomic E-state index is 0.236. The Morgan fingerprint density at radius 2 is 1.68 bits per heavy atom. The highest BCUT2D eigenvalue weighted by Gasteiger charge is 2.08. The van der Waals surface area contributed by atoms with Crippen LogP contribution in [0.5, 0.6) is 0 Å². The fourth-order valence-corrected chi connectivity index (χ4v) is 2.45. The van der Waals surface area contributed by atoms with E-state index in [2.05, 4.69) is 49.3 Å². The molecular formula is C16H19ClN2. The highest BCUT2D eigenvalue weighted by molar-refractivity contribution is 6.29. The molecule has 100 valence electrons. The molecule has 1 unspecified atom stereocenters. The van der Waals surface area contributed by atoms with Crippen LogP contribution in [0, 0.1) is 20.8 Å². The molecule has 0 aliphatic heterocycles. The summed E-state index contributed by atoms with van der Waals surface area (Å²) in [6, 6.07) is 10.6. The maximum atomic E-state index is 5.87. The number of hydrogen-bond donors (Lipinski definition) is 1. The predicted octanol–water partition coefficient (Wildman–Crippen LogP) is 4.83. The van der Waals surface area contributed by atoms with E-state index in [1.54, 1.807) is 0 Å². The van der Waals surface area contributed by atoms with E-state index in [-0.39, 0.29) is 6.04 Å². The van der Waals surface area contributed by atoms with Crippen LogP contribution in [0.25, 0.3) is 0 Å². The number of anilines is 1. The van der Waals surface area contributed by atoms with Crippen molar-refractivity contribution in [2.24, 2.45) is 0 Å². The average molecular weight is 275 g/mol. The lowest BCUT2D eigenvalue weighted by molar-refractivity contribution is 0.875. The first kappa shape index (κ1) is 13.9. The molecule has 1 aromatic heterocycles. The Morgan fingerprint density at radius 1 is 1.05 bits per heavy atom. The summed E-state index contributed by atoms with van der Waals surface area (Å²) in [5, 5.41) is 4.02. The van der Waals surface area contributed by atoms with Gasteiger partial charge < -0.3 is 5.32 Å². The lowest BCUT2D eigenvalue weighted by atomic mass is 10.0. The number of hydrogen-bond acceptors (Lipinski definition) is 2. The van der Waals surface area contributed by atoms with Crippen LogP contribution in [0.4, 0.5) is 5.69 Å². The molecule has 2 nitrogen and oxygen atoms in total. The van der Waals surface area contributed by atoms with Gasteiger partial charge in [-0.3, -0.25) is 0 Å². The van der Waals surface area contributed by atoms with Crippen LogP contribution in [0.15, 0.2) is 30.3 Å². The van der Waals surface area contributed by atoms with Gasteiger partial charge in [-0.25, -0.2) is 4.98 Å². The molecule has 19 heavy (non-hydrogen) atoms. The Morgan fingerprint density at radius 3 is 2.26 bits per heavy atom. The van der Waals surface area contributed by atoms with Gasteiger partial charge in [0.05, 0.1) is 11.4 Å². The monoisotopic (exact) mass is 274 g/mol. The van der Waals surface area contributed by atoms with Crippen molar-refractivity contribution >= 4 is 17.3 Å². The molecule has 1 aromatic carbocycles. The van der Waals surface area contributed by atoms with Gasteiger partial charge in [0, 0.05) is 6.04 Å². The van der Waals surface area contributed by atoms with Crippen molar-refractivity contribution in [2.75, 3.05) is 5.32 Å². The Labute approximate surface area is 119 Å². The van der Waals surface area contributed by atoms with E-state index >= 15 is 0 Å². The summed E-state index contributed by atoms with van der Waals surface area (Å²) >= 11 is 5.87. The number of nitrogens with one attached hydrogen (secondary N) is 1. The number of nitrogens with zero attached hydrogens (tertiary/aromatic N) is 1. The van der Waals surface area contributed by atoms with Crippen molar-refractivity contribution in [3.05, 3.63) is 57.9 Å². The van der Waals surface area contributed by atoms with Crippen molar-refractivity contribution < 1.29 is 0 Å². The second kappa shape index (κ2) is 5.62. The molecule has 0 aliphatic carbocycles. The van der Waals surface area contributed by atoms with Gasteiger partial charge in [0.15, 0.2) is 0 Å². The Kier molecular flexibility index (Phi) is 4.11. The molecule has 0 saturated heterocycles. The zero-order valence-electron chi connectivity index (χ0n) is 11.8. The van der Waals surface area contributed by atoms with Crippen molar-refractivity contribution in [1.29, 1.82) is 0 Å². The molecule has 2 rings (SSSR count). The Bertz CT molecular complexity index is 573. The largest absolute Gasteiger partial charge is 0.377 e. The van der Waals surface area contributed by atoms with Crippen LogP contribution in [0.2, 0.25) is 5.15 Å². The van der Waals surface area contributed by atoms with Gasteiger partial charge in [0.2, 0.25) is 0 Å². The molecular weight excluding hydrogens is 256 g/mol. The number of aryl methyl sites for hydroxylation is 3. The van der Waals surface area contributed by atoms with Gasteiger partial charge in [0.1, 0.15) is 5.15 Å². The first-order chi connectivity index (χ1) is 8.95. The minimum atomic E-state index is 0.236. The predicted molar refractivity (Wildman–Crippen MR) is 81.9 cm³/mol. The van der Waals surface area contributed by atoms with Crippen LogP contribution in [-0.4, -0.2) is 4.98 Å². The number of aromatic nitrogens is 1. The topological polar surface area (TPSA) is 24.9 Å².